The predicted molar refractivity (Wildman–Crippen MR) is 80.6 cm³/mol. The lowest BCUT2D eigenvalue weighted by Gasteiger charge is -2.06. The van der Waals surface area contributed by atoms with Gasteiger partial charge in [-0.25, -0.2) is 4.79 Å². The van der Waals surface area contributed by atoms with Crippen LogP contribution in [0.25, 0.3) is 5.69 Å². The molecule has 0 aliphatic heterocycles. The Kier molecular flexibility index (Phi) is 3.84. The van der Waals surface area contributed by atoms with Crippen LogP contribution in [0.2, 0.25) is 0 Å². The normalized spacial score (nSPS) is 11.6. The number of hydrogen-bond acceptors (Lipinski definition) is 4. The minimum absolute atomic E-state index is 0.180. The van der Waals surface area contributed by atoms with E-state index in [0.717, 1.165) is 27.1 Å². The molecule has 0 amide bonds. The zero-order valence-corrected chi connectivity index (χ0v) is 12.2. The second-order valence-electron chi connectivity index (χ2n) is 5.12. The summed E-state index contributed by atoms with van der Waals surface area (Å²) in [5, 5.41) is 7.45. The number of rotatable bonds is 3. The number of benzene rings is 2. The summed E-state index contributed by atoms with van der Waals surface area (Å²) >= 11 is 0. The number of anilines is 1. The number of nitrogens with zero attached hydrogens (tertiary/aromatic N) is 4. The number of nitrogens with two attached hydrogens (primary N) is 1. The van der Waals surface area contributed by atoms with Crippen LogP contribution in [-0.4, -0.2) is 19.8 Å². The van der Waals surface area contributed by atoms with E-state index in [-0.39, 0.29) is 12.2 Å². The van der Waals surface area contributed by atoms with Crippen molar-refractivity contribution in [3.63, 3.8) is 0 Å². The molecule has 124 valence electrons. The third-order valence-electron chi connectivity index (χ3n) is 3.39. The molecule has 3 rings (SSSR count). The molecule has 0 saturated carbocycles. The summed E-state index contributed by atoms with van der Waals surface area (Å²) in [4.78, 5) is 12.3. The van der Waals surface area contributed by atoms with Crippen LogP contribution < -0.4 is 11.4 Å². The zero-order chi connectivity index (χ0) is 17.3. The van der Waals surface area contributed by atoms with E-state index >= 15 is 0 Å². The van der Waals surface area contributed by atoms with Crippen molar-refractivity contribution >= 4 is 5.69 Å². The van der Waals surface area contributed by atoms with Crippen LogP contribution in [0, 0.1) is 0 Å². The first-order valence-corrected chi connectivity index (χ1v) is 6.89. The van der Waals surface area contributed by atoms with Gasteiger partial charge in [0.2, 0.25) is 0 Å². The maximum Gasteiger partial charge on any atom is 0.416 e. The predicted octanol–water partition coefficient (Wildman–Crippen LogP) is 2.08. The highest BCUT2D eigenvalue weighted by Crippen LogP contribution is 2.29. The van der Waals surface area contributed by atoms with Crippen molar-refractivity contribution in [2.45, 2.75) is 12.7 Å². The molecular formula is C15H12F3N5O. The van der Waals surface area contributed by atoms with Crippen LogP contribution in [0.15, 0.2) is 53.3 Å². The van der Waals surface area contributed by atoms with E-state index in [1.165, 1.54) is 12.1 Å². The van der Waals surface area contributed by atoms with Crippen LogP contribution >= 0.6 is 0 Å². The SMILES string of the molecule is Nc1ccc(Cn2nnn(-c3ccc(C(F)(F)F)cc3)c2=O)cc1. The molecule has 9 heteroatoms. The number of hydrogen-bond donors (Lipinski definition) is 1. The van der Waals surface area contributed by atoms with Crippen molar-refractivity contribution in [2.24, 2.45) is 0 Å². The highest BCUT2D eigenvalue weighted by atomic mass is 19.4. The fourth-order valence-electron chi connectivity index (χ4n) is 2.12. The summed E-state index contributed by atoms with van der Waals surface area (Å²) < 4.78 is 39.8. The van der Waals surface area contributed by atoms with Crippen molar-refractivity contribution in [3.05, 3.63) is 70.1 Å². The molecule has 3 aromatic rings. The largest absolute Gasteiger partial charge is 0.416 e. The highest BCUT2D eigenvalue weighted by Gasteiger charge is 2.30. The van der Waals surface area contributed by atoms with E-state index < -0.39 is 17.4 Å². The smallest absolute Gasteiger partial charge is 0.399 e. The quantitative estimate of drug-likeness (QED) is 0.743. The number of aromatic nitrogens is 4. The van der Waals surface area contributed by atoms with E-state index in [4.69, 9.17) is 5.73 Å². The second kappa shape index (κ2) is 5.84. The molecule has 0 aliphatic carbocycles. The number of nitrogen functional groups attached to an aromatic ring is 1. The van der Waals surface area contributed by atoms with Gasteiger partial charge < -0.3 is 5.73 Å². The molecule has 1 heterocycles. The van der Waals surface area contributed by atoms with Crippen molar-refractivity contribution in [3.8, 4) is 5.69 Å². The molecule has 0 fully saturated rings. The van der Waals surface area contributed by atoms with Crippen LogP contribution in [0.4, 0.5) is 18.9 Å². The van der Waals surface area contributed by atoms with Crippen molar-refractivity contribution in [1.29, 1.82) is 0 Å². The Morgan fingerprint density at radius 2 is 1.58 bits per heavy atom. The molecule has 0 radical (unpaired) electrons. The summed E-state index contributed by atoms with van der Waals surface area (Å²) in [7, 11) is 0. The van der Waals surface area contributed by atoms with Gasteiger partial charge in [0, 0.05) is 5.69 Å². The van der Waals surface area contributed by atoms with Crippen LogP contribution in [-0.2, 0) is 12.7 Å². The molecule has 2 N–H and O–H groups in total. The maximum absolute atomic E-state index is 12.6. The molecule has 24 heavy (non-hydrogen) atoms. The average Bonchev–Trinajstić information content (AvgIpc) is 2.90. The van der Waals surface area contributed by atoms with Gasteiger partial charge in [-0.2, -0.15) is 22.5 Å². The number of halogens is 3. The number of tetrazole rings is 1. The first kappa shape index (κ1) is 15.8. The lowest BCUT2D eigenvalue weighted by molar-refractivity contribution is -0.137. The van der Waals surface area contributed by atoms with Crippen molar-refractivity contribution in [2.75, 3.05) is 5.73 Å². The second-order valence-corrected chi connectivity index (χ2v) is 5.12. The molecule has 6 nitrogen and oxygen atoms in total. The fourth-order valence-corrected chi connectivity index (χ4v) is 2.12. The van der Waals surface area contributed by atoms with Gasteiger partial charge in [0.05, 0.1) is 17.8 Å². The summed E-state index contributed by atoms with van der Waals surface area (Å²) in [5.74, 6) is 0. The third-order valence-corrected chi connectivity index (χ3v) is 3.39. The van der Waals surface area contributed by atoms with E-state index in [0.29, 0.717) is 5.69 Å². The van der Waals surface area contributed by atoms with Gasteiger partial charge in [0.1, 0.15) is 0 Å². The Labute approximate surface area is 133 Å². The maximum atomic E-state index is 12.6. The van der Waals surface area contributed by atoms with Crippen molar-refractivity contribution < 1.29 is 13.2 Å². The van der Waals surface area contributed by atoms with Gasteiger partial charge in [-0.1, -0.05) is 12.1 Å². The Bertz CT molecular complexity index is 895. The van der Waals surface area contributed by atoms with Crippen molar-refractivity contribution in [1.82, 2.24) is 19.8 Å². The lowest BCUT2D eigenvalue weighted by Crippen LogP contribution is -2.24. The first-order valence-electron chi connectivity index (χ1n) is 6.89. The highest BCUT2D eigenvalue weighted by molar-refractivity contribution is 5.39. The monoisotopic (exact) mass is 335 g/mol. The van der Waals surface area contributed by atoms with Crippen LogP contribution in [0.3, 0.4) is 0 Å². The minimum atomic E-state index is -4.43. The molecule has 0 aliphatic rings. The van der Waals surface area contributed by atoms with E-state index in [9.17, 15) is 18.0 Å². The summed E-state index contributed by atoms with van der Waals surface area (Å²) in [6, 6.07) is 11.0. The molecule has 0 unspecified atom stereocenters. The van der Waals surface area contributed by atoms with Crippen LogP contribution in [0.1, 0.15) is 11.1 Å². The van der Waals surface area contributed by atoms with Gasteiger partial charge in [-0.15, -0.1) is 0 Å². The minimum Gasteiger partial charge on any atom is -0.399 e. The van der Waals surface area contributed by atoms with Crippen LogP contribution in [0.5, 0.6) is 0 Å². The molecule has 0 saturated heterocycles. The summed E-state index contributed by atoms with van der Waals surface area (Å²) in [5.41, 5.74) is 5.84. The van der Waals surface area contributed by atoms with Gasteiger partial charge in [-0.3, -0.25) is 0 Å². The van der Waals surface area contributed by atoms with Gasteiger partial charge in [-0.05, 0) is 52.4 Å². The van der Waals surface area contributed by atoms with Gasteiger partial charge in [0.15, 0.2) is 0 Å². The molecule has 0 bridgehead atoms. The fraction of sp³-hybridized carbons (Fsp3) is 0.133. The molecule has 1 aromatic heterocycles. The topological polar surface area (TPSA) is 78.7 Å². The Hall–Kier alpha value is -3.10. The Balaban J connectivity index is 1.87. The standard InChI is InChI=1S/C15H12F3N5O/c16-15(17,18)11-3-7-13(8-4-11)23-14(24)22(20-21-23)9-10-1-5-12(19)6-2-10/h1-8H,9,19H2. The van der Waals surface area contributed by atoms with Gasteiger partial charge >= 0.3 is 11.9 Å². The molecule has 0 spiro atoms. The summed E-state index contributed by atoms with van der Waals surface area (Å²) in [6.07, 6.45) is -4.43. The Morgan fingerprint density at radius 3 is 2.17 bits per heavy atom. The van der Waals surface area contributed by atoms with Gasteiger partial charge in [0.25, 0.3) is 0 Å². The summed E-state index contributed by atoms with van der Waals surface area (Å²) in [6.45, 7) is 0.180. The Morgan fingerprint density at radius 1 is 0.958 bits per heavy atom. The van der Waals surface area contributed by atoms with E-state index in [2.05, 4.69) is 10.4 Å². The molecular weight excluding hydrogens is 323 g/mol. The molecule has 0 atom stereocenters. The third kappa shape index (κ3) is 3.14. The van der Waals surface area contributed by atoms with E-state index in [1.807, 2.05) is 0 Å². The zero-order valence-electron chi connectivity index (χ0n) is 12.2. The lowest BCUT2D eigenvalue weighted by atomic mass is 10.2. The first-order chi connectivity index (χ1) is 11.3. The van der Waals surface area contributed by atoms with E-state index in [1.54, 1.807) is 24.3 Å². The number of alkyl halides is 3. The molecule has 2 aromatic carbocycles. The average molecular weight is 335 g/mol.